The normalized spacial score (nSPS) is 48.8. The summed E-state index contributed by atoms with van der Waals surface area (Å²) in [6.07, 6.45) is 48.5. The lowest BCUT2D eigenvalue weighted by molar-refractivity contribution is 0.0206. The maximum atomic E-state index is 4.59. The molecule has 15 aliphatic rings. The van der Waals surface area contributed by atoms with Crippen molar-refractivity contribution in [2.75, 3.05) is 4.90 Å². The number of hydrogen-bond donors (Lipinski definition) is 3. The fourth-order valence-electron chi connectivity index (χ4n) is 27.6. The summed E-state index contributed by atoms with van der Waals surface area (Å²) >= 11 is 0. The van der Waals surface area contributed by atoms with Gasteiger partial charge in [-0.25, -0.2) is 0 Å². The monoisotopic (exact) mass is 1100 g/mol. The summed E-state index contributed by atoms with van der Waals surface area (Å²) in [7, 11) is 0. The van der Waals surface area contributed by atoms with E-state index in [9.17, 15) is 0 Å². The molecule has 3 aromatic rings. The van der Waals surface area contributed by atoms with Gasteiger partial charge in [0.1, 0.15) is 0 Å². The van der Waals surface area contributed by atoms with Crippen LogP contribution in [-0.4, -0.2) is 36.3 Å². The first-order valence-corrected chi connectivity index (χ1v) is 37.0. The molecule has 27 atom stereocenters. The molecule has 12 saturated carbocycles. The van der Waals surface area contributed by atoms with Gasteiger partial charge in [0.25, 0.3) is 0 Å². The first-order chi connectivity index (χ1) is 40.6. The zero-order chi connectivity index (χ0) is 53.6. The van der Waals surface area contributed by atoms with Gasteiger partial charge in [0, 0.05) is 53.3 Å². The van der Waals surface area contributed by atoms with E-state index >= 15 is 0 Å². The second-order valence-corrected chi connectivity index (χ2v) is 33.0. The van der Waals surface area contributed by atoms with Gasteiger partial charge in [-0.2, -0.15) is 0 Å². The Hall–Kier alpha value is -2.66. The Morgan fingerprint density at radius 1 is 0.232 bits per heavy atom. The molecule has 3 N–H and O–H groups in total. The van der Waals surface area contributed by atoms with Gasteiger partial charge in [-0.3, -0.25) is 0 Å². The van der Waals surface area contributed by atoms with E-state index in [0.29, 0.717) is 35.9 Å². The number of nitrogens with zero attached hydrogens (tertiary/aromatic N) is 1. The van der Waals surface area contributed by atoms with Gasteiger partial charge in [-0.05, 0) is 294 Å². The zero-order valence-corrected chi connectivity index (χ0v) is 50.8. The number of nitrogens with one attached hydrogen (secondary N) is 3. The first-order valence-electron chi connectivity index (χ1n) is 37.0. The summed E-state index contributed by atoms with van der Waals surface area (Å²) < 4.78 is 0. The Morgan fingerprint density at radius 2 is 0.537 bits per heavy atom. The van der Waals surface area contributed by atoms with Gasteiger partial charge in [0.2, 0.25) is 0 Å². The quantitative estimate of drug-likeness (QED) is 0.230. The van der Waals surface area contributed by atoms with E-state index in [1.165, 1.54) is 173 Å². The van der Waals surface area contributed by atoms with Crippen molar-refractivity contribution < 1.29 is 0 Å². The molecule has 3 saturated heterocycles. The van der Waals surface area contributed by atoms with Crippen molar-refractivity contribution in [1.29, 1.82) is 0 Å². The molecule has 3 aliphatic heterocycles. The second-order valence-electron chi connectivity index (χ2n) is 33.0. The van der Waals surface area contributed by atoms with Crippen LogP contribution < -0.4 is 20.9 Å². The van der Waals surface area contributed by atoms with Gasteiger partial charge in [-0.1, -0.05) is 132 Å². The summed E-state index contributed by atoms with van der Waals surface area (Å²) in [5.41, 5.74) is 9.69. The highest BCUT2D eigenvalue weighted by Crippen LogP contribution is 2.64. The Bertz CT molecular complexity index is 2470. The van der Waals surface area contributed by atoms with Gasteiger partial charge in [0.05, 0.1) is 0 Å². The fraction of sp³-hybridized carbons (Fsp3) is 0.769. The summed E-state index contributed by atoms with van der Waals surface area (Å²) in [5.74, 6) is 18.8. The molecule has 0 radical (unpaired) electrons. The highest BCUT2D eigenvalue weighted by molar-refractivity contribution is 5.83. The molecule has 3 aromatic carbocycles. The highest BCUT2D eigenvalue weighted by Gasteiger charge is 2.58. The van der Waals surface area contributed by atoms with Crippen LogP contribution in [-0.2, 0) is 0 Å². The number of hydrogen-bond acceptors (Lipinski definition) is 4. The SMILES string of the molecule is c1ccc(N(c2ccccc2C2CCCC3NC4CCC5C6CCCCC6CC5C4CC32)c2ccccc2C2CCCC3NC4CCC5C6CCCCC6CC5C4CC32)c(C2CCCC3NC4CCC5C6CCCCC6CC5C4CC32)c1. The van der Waals surface area contributed by atoms with Crippen LogP contribution in [0.3, 0.4) is 0 Å². The van der Waals surface area contributed by atoms with Crippen molar-refractivity contribution in [3.63, 3.8) is 0 Å². The molecule has 12 aliphatic carbocycles. The van der Waals surface area contributed by atoms with E-state index in [-0.39, 0.29) is 0 Å². The van der Waals surface area contributed by atoms with E-state index in [4.69, 9.17) is 0 Å². The average Bonchev–Trinajstić information content (AvgIpc) is 4.40. The Balaban J connectivity index is 0.732. The predicted octanol–water partition coefficient (Wildman–Crippen LogP) is 18.6. The Kier molecular flexibility index (Phi) is 13.8. The number of piperidine rings is 3. The first kappa shape index (κ1) is 52.5. The predicted molar refractivity (Wildman–Crippen MR) is 337 cm³/mol. The van der Waals surface area contributed by atoms with E-state index in [2.05, 4.69) is 93.6 Å². The average molecular weight is 1100 g/mol. The van der Waals surface area contributed by atoms with E-state index in [1.54, 1.807) is 72.3 Å². The van der Waals surface area contributed by atoms with Crippen molar-refractivity contribution in [2.24, 2.45) is 107 Å². The topological polar surface area (TPSA) is 39.3 Å². The molecule has 15 fully saturated rings. The molecule has 27 unspecified atom stereocenters. The van der Waals surface area contributed by atoms with E-state index in [0.717, 1.165) is 125 Å². The molecule has 0 aromatic heterocycles. The third-order valence-corrected chi connectivity index (χ3v) is 30.4. The standard InChI is InChI=1S/C78H108N4/c1-4-19-49-46(16-1)40-61-55(49)34-37-73-67(61)43-64-52(25-13-28-70(64)79-73)58-22-7-10-31-76(58)82(77-32-11-8-23-59(77)53-26-14-29-71-65(53)44-68-62-41-47-17-2-5-20-50(47)56(62)35-38-74(68)80-71)78-33-12-9-24-60(78)54-27-15-30-72-66(54)45-69-63-42-48-18-3-6-21-51(48)57(63)36-39-75(69)81-72/h7-12,22-24,31-33,46-57,61-75,79-81H,1-6,13-21,25-30,34-45H2. The smallest absolute Gasteiger partial charge is 0.0496 e. The van der Waals surface area contributed by atoms with Crippen LogP contribution >= 0.6 is 0 Å². The number of anilines is 3. The van der Waals surface area contributed by atoms with Crippen molar-refractivity contribution >= 4 is 17.1 Å². The molecule has 18 rings (SSSR count). The minimum atomic E-state index is 0.593. The summed E-state index contributed by atoms with van der Waals surface area (Å²) in [4.78, 5) is 3.03. The number of para-hydroxylation sites is 3. The van der Waals surface area contributed by atoms with Crippen LogP contribution in [0.2, 0.25) is 0 Å². The van der Waals surface area contributed by atoms with Crippen LogP contribution in [0.25, 0.3) is 0 Å². The number of benzene rings is 3. The van der Waals surface area contributed by atoms with Gasteiger partial charge in [0.15, 0.2) is 0 Å². The molecule has 440 valence electrons. The van der Waals surface area contributed by atoms with Crippen LogP contribution in [0.5, 0.6) is 0 Å². The maximum Gasteiger partial charge on any atom is 0.0496 e. The molecular formula is C78H108N4. The lowest BCUT2D eigenvalue weighted by Crippen LogP contribution is -2.58. The third kappa shape index (κ3) is 8.64. The van der Waals surface area contributed by atoms with E-state index in [1.807, 2.05) is 0 Å². The number of fused-ring (bicyclic) bond motifs is 18. The van der Waals surface area contributed by atoms with Crippen molar-refractivity contribution in [2.45, 2.75) is 266 Å². The van der Waals surface area contributed by atoms with Gasteiger partial charge >= 0.3 is 0 Å². The van der Waals surface area contributed by atoms with Crippen molar-refractivity contribution in [3.05, 3.63) is 89.5 Å². The maximum absolute atomic E-state index is 4.59. The van der Waals surface area contributed by atoms with Crippen LogP contribution in [0, 0.1) is 107 Å². The van der Waals surface area contributed by atoms with Gasteiger partial charge in [-0.15, -0.1) is 0 Å². The molecule has 0 bridgehead atoms. The van der Waals surface area contributed by atoms with E-state index < -0.39 is 0 Å². The molecule has 4 heteroatoms. The highest BCUT2D eigenvalue weighted by atomic mass is 15.2. The Morgan fingerprint density at radius 3 is 0.878 bits per heavy atom. The Labute approximate surface area is 497 Å². The molecule has 4 nitrogen and oxygen atoms in total. The van der Waals surface area contributed by atoms with Crippen molar-refractivity contribution in [1.82, 2.24) is 16.0 Å². The van der Waals surface area contributed by atoms with Crippen molar-refractivity contribution in [3.8, 4) is 0 Å². The van der Waals surface area contributed by atoms with Crippen LogP contribution in [0.1, 0.15) is 246 Å². The minimum Gasteiger partial charge on any atom is -0.311 e. The minimum absolute atomic E-state index is 0.593. The third-order valence-electron chi connectivity index (χ3n) is 30.4. The fourth-order valence-corrected chi connectivity index (χ4v) is 27.6. The largest absolute Gasteiger partial charge is 0.311 e. The lowest BCUT2D eigenvalue weighted by atomic mass is 9.58. The summed E-state index contributed by atoms with van der Waals surface area (Å²) in [5, 5.41) is 13.8. The molecule has 0 spiro atoms. The lowest BCUT2D eigenvalue weighted by Gasteiger charge is -2.54. The number of rotatable bonds is 6. The summed E-state index contributed by atoms with van der Waals surface area (Å²) in [6, 6.07) is 35.2. The molecule has 0 amide bonds. The molecule has 82 heavy (non-hydrogen) atoms. The second kappa shape index (κ2) is 21.6. The van der Waals surface area contributed by atoms with Crippen LogP contribution in [0.15, 0.2) is 72.8 Å². The summed E-state index contributed by atoms with van der Waals surface area (Å²) in [6.45, 7) is 0. The molecule has 3 heterocycles. The molecular weight excluding hydrogens is 993 g/mol. The van der Waals surface area contributed by atoms with Crippen LogP contribution in [0.4, 0.5) is 17.1 Å². The zero-order valence-electron chi connectivity index (χ0n) is 50.8. The van der Waals surface area contributed by atoms with Gasteiger partial charge < -0.3 is 20.9 Å².